The van der Waals surface area contributed by atoms with E-state index in [1.54, 1.807) is 0 Å². The van der Waals surface area contributed by atoms with Crippen LogP contribution in [-0.4, -0.2) is 10.9 Å². The number of benzene rings is 1. The zero-order valence-electron chi connectivity index (χ0n) is 6.95. The predicted molar refractivity (Wildman–Crippen MR) is 50.6 cm³/mol. The SMILES string of the molecule is O=C1CCc2ccccc2SC1=O. The Morgan fingerprint density at radius 3 is 2.69 bits per heavy atom. The fourth-order valence-corrected chi connectivity index (χ4v) is 2.18. The summed E-state index contributed by atoms with van der Waals surface area (Å²) >= 11 is 1.05. The van der Waals surface area contributed by atoms with Gasteiger partial charge in [-0.3, -0.25) is 9.59 Å². The van der Waals surface area contributed by atoms with Crippen molar-refractivity contribution in [3.05, 3.63) is 29.8 Å². The molecule has 0 aliphatic carbocycles. The molecule has 2 nitrogen and oxygen atoms in total. The molecule has 0 saturated heterocycles. The summed E-state index contributed by atoms with van der Waals surface area (Å²) in [6.45, 7) is 0. The highest BCUT2D eigenvalue weighted by Gasteiger charge is 2.20. The molecule has 13 heavy (non-hydrogen) atoms. The smallest absolute Gasteiger partial charge is 0.259 e. The maximum Gasteiger partial charge on any atom is 0.259 e. The van der Waals surface area contributed by atoms with Crippen LogP contribution in [0.25, 0.3) is 0 Å². The summed E-state index contributed by atoms with van der Waals surface area (Å²) in [6.07, 6.45) is 1.04. The molecule has 0 fully saturated rings. The van der Waals surface area contributed by atoms with Gasteiger partial charge in [-0.15, -0.1) is 0 Å². The predicted octanol–water partition coefficient (Wildman–Crippen LogP) is 1.82. The monoisotopic (exact) mass is 192 g/mol. The van der Waals surface area contributed by atoms with Gasteiger partial charge in [0.15, 0.2) is 0 Å². The van der Waals surface area contributed by atoms with Crippen molar-refractivity contribution in [3.63, 3.8) is 0 Å². The first-order valence-corrected chi connectivity index (χ1v) is 4.92. The van der Waals surface area contributed by atoms with Crippen molar-refractivity contribution < 1.29 is 9.59 Å². The Kier molecular flexibility index (Phi) is 2.19. The Labute approximate surface area is 80.3 Å². The van der Waals surface area contributed by atoms with Gasteiger partial charge < -0.3 is 0 Å². The maximum atomic E-state index is 11.2. The van der Waals surface area contributed by atoms with Crippen LogP contribution in [0.15, 0.2) is 29.2 Å². The van der Waals surface area contributed by atoms with Crippen molar-refractivity contribution in [2.75, 3.05) is 0 Å². The topological polar surface area (TPSA) is 34.1 Å². The van der Waals surface area contributed by atoms with Gasteiger partial charge in [-0.2, -0.15) is 0 Å². The zero-order valence-corrected chi connectivity index (χ0v) is 7.76. The fraction of sp³-hybridized carbons (Fsp3) is 0.200. The van der Waals surface area contributed by atoms with Crippen molar-refractivity contribution in [2.45, 2.75) is 17.7 Å². The van der Waals surface area contributed by atoms with Gasteiger partial charge in [-0.05, 0) is 29.8 Å². The average molecular weight is 192 g/mol. The molecule has 1 aliphatic heterocycles. The van der Waals surface area contributed by atoms with Gasteiger partial charge in [0.05, 0.1) is 0 Å². The standard InChI is InChI=1S/C10H8O2S/c11-8-6-5-7-3-1-2-4-9(7)13-10(8)12/h1-4H,5-6H2. The molecule has 1 heterocycles. The zero-order chi connectivity index (χ0) is 9.26. The lowest BCUT2D eigenvalue weighted by Gasteiger charge is -2.00. The van der Waals surface area contributed by atoms with Crippen LogP contribution in [0.2, 0.25) is 0 Å². The molecule has 2 rings (SSSR count). The number of aryl methyl sites for hydroxylation is 1. The minimum Gasteiger partial charge on any atom is -0.290 e. The molecule has 0 saturated carbocycles. The third kappa shape index (κ3) is 1.65. The van der Waals surface area contributed by atoms with Crippen molar-refractivity contribution in [2.24, 2.45) is 0 Å². The first-order chi connectivity index (χ1) is 6.27. The van der Waals surface area contributed by atoms with Crippen molar-refractivity contribution in [1.29, 1.82) is 0 Å². The number of thioether (sulfide) groups is 1. The number of fused-ring (bicyclic) bond motifs is 1. The maximum absolute atomic E-state index is 11.2. The molecule has 0 aromatic heterocycles. The fourth-order valence-electron chi connectivity index (χ4n) is 1.32. The Morgan fingerprint density at radius 1 is 1.08 bits per heavy atom. The number of rotatable bonds is 0. The molecular weight excluding hydrogens is 184 g/mol. The summed E-state index contributed by atoms with van der Waals surface area (Å²) < 4.78 is 0. The molecule has 0 unspecified atom stereocenters. The number of hydrogen-bond acceptors (Lipinski definition) is 3. The lowest BCUT2D eigenvalue weighted by molar-refractivity contribution is -0.131. The molecule has 1 aromatic rings. The summed E-state index contributed by atoms with van der Waals surface area (Å²) in [5, 5.41) is -0.329. The van der Waals surface area contributed by atoms with E-state index in [4.69, 9.17) is 0 Å². The van der Waals surface area contributed by atoms with E-state index in [1.165, 1.54) is 0 Å². The van der Waals surface area contributed by atoms with Gasteiger partial charge in [0.25, 0.3) is 5.12 Å². The molecule has 0 spiro atoms. The highest BCUT2D eigenvalue weighted by Crippen LogP contribution is 2.28. The minimum absolute atomic E-state index is 0.263. The van der Waals surface area contributed by atoms with E-state index in [0.29, 0.717) is 12.8 Å². The summed E-state index contributed by atoms with van der Waals surface area (Å²) in [4.78, 5) is 23.2. The van der Waals surface area contributed by atoms with Crippen LogP contribution in [0, 0.1) is 0 Å². The average Bonchev–Trinajstić information content (AvgIpc) is 2.28. The Morgan fingerprint density at radius 2 is 1.85 bits per heavy atom. The van der Waals surface area contributed by atoms with Crippen LogP contribution >= 0.6 is 11.8 Å². The first-order valence-electron chi connectivity index (χ1n) is 4.10. The molecule has 0 atom stereocenters. The highest BCUT2D eigenvalue weighted by molar-refractivity contribution is 8.15. The minimum atomic E-state index is -0.329. The van der Waals surface area contributed by atoms with Crippen LogP contribution in [0.5, 0.6) is 0 Å². The van der Waals surface area contributed by atoms with Gasteiger partial charge in [-0.1, -0.05) is 18.2 Å². The largest absolute Gasteiger partial charge is 0.290 e. The number of carbonyl (C=O) groups excluding carboxylic acids is 2. The van der Waals surface area contributed by atoms with Crippen LogP contribution in [-0.2, 0) is 16.0 Å². The second kappa shape index (κ2) is 3.34. The van der Waals surface area contributed by atoms with E-state index >= 15 is 0 Å². The molecule has 1 aliphatic rings. The summed E-state index contributed by atoms with van der Waals surface area (Å²) in [7, 11) is 0. The second-order valence-corrected chi connectivity index (χ2v) is 3.94. The van der Waals surface area contributed by atoms with Crippen LogP contribution < -0.4 is 0 Å². The van der Waals surface area contributed by atoms with Gasteiger partial charge in [-0.25, -0.2) is 0 Å². The molecular formula is C10H8O2S. The molecule has 0 amide bonds. The van der Waals surface area contributed by atoms with Crippen LogP contribution in [0.1, 0.15) is 12.0 Å². The molecule has 3 heteroatoms. The van der Waals surface area contributed by atoms with Gasteiger partial charge in [0, 0.05) is 11.3 Å². The van der Waals surface area contributed by atoms with E-state index in [-0.39, 0.29) is 10.9 Å². The Hall–Kier alpha value is -1.09. The Balaban J connectivity index is 2.40. The molecule has 0 N–H and O–H groups in total. The van der Waals surface area contributed by atoms with E-state index < -0.39 is 0 Å². The molecule has 0 bridgehead atoms. The number of carbonyl (C=O) groups is 2. The summed E-state index contributed by atoms with van der Waals surface area (Å²) in [6, 6.07) is 7.67. The Bertz CT molecular complexity index is 371. The lowest BCUT2D eigenvalue weighted by Crippen LogP contribution is -2.07. The second-order valence-electron chi connectivity index (χ2n) is 2.92. The van der Waals surface area contributed by atoms with Crippen molar-refractivity contribution in [1.82, 2.24) is 0 Å². The van der Waals surface area contributed by atoms with E-state index in [1.807, 2.05) is 24.3 Å². The summed E-state index contributed by atoms with van der Waals surface area (Å²) in [5.41, 5.74) is 1.10. The third-order valence-electron chi connectivity index (χ3n) is 2.02. The third-order valence-corrected chi connectivity index (χ3v) is 3.06. The van der Waals surface area contributed by atoms with Crippen LogP contribution in [0.3, 0.4) is 0 Å². The normalized spacial score (nSPS) is 16.6. The number of hydrogen-bond donors (Lipinski definition) is 0. The van der Waals surface area contributed by atoms with Gasteiger partial charge in [0.1, 0.15) is 0 Å². The lowest BCUT2D eigenvalue weighted by atomic mass is 10.1. The van der Waals surface area contributed by atoms with E-state index in [2.05, 4.69) is 0 Å². The quantitative estimate of drug-likeness (QED) is 0.588. The molecule has 66 valence electrons. The van der Waals surface area contributed by atoms with Crippen LogP contribution in [0.4, 0.5) is 0 Å². The number of ketones is 1. The van der Waals surface area contributed by atoms with Crippen molar-refractivity contribution >= 4 is 22.7 Å². The van der Waals surface area contributed by atoms with E-state index in [0.717, 1.165) is 22.2 Å². The summed E-state index contributed by atoms with van der Waals surface area (Å²) in [5.74, 6) is -0.263. The number of Topliss-reactive ketones (excluding diaryl/α,β-unsaturated/α-hetero) is 1. The van der Waals surface area contributed by atoms with E-state index in [9.17, 15) is 9.59 Å². The molecule has 0 radical (unpaired) electrons. The van der Waals surface area contributed by atoms with Gasteiger partial charge >= 0.3 is 0 Å². The van der Waals surface area contributed by atoms with Crippen molar-refractivity contribution in [3.8, 4) is 0 Å². The van der Waals surface area contributed by atoms with Gasteiger partial charge in [0.2, 0.25) is 5.78 Å². The first kappa shape index (κ1) is 8.51. The molecule has 1 aromatic carbocycles. The highest BCUT2D eigenvalue weighted by atomic mass is 32.2.